The molecule has 1 aromatic heterocycles. The zero-order chi connectivity index (χ0) is 12.3. The van der Waals surface area contributed by atoms with Crippen LogP contribution < -0.4 is 10.5 Å². The van der Waals surface area contributed by atoms with Crippen LogP contribution in [0.1, 0.15) is 31.2 Å². The van der Waals surface area contributed by atoms with Gasteiger partial charge in [0.25, 0.3) is 6.43 Å². The molecule has 0 aliphatic heterocycles. The first kappa shape index (κ1) is 12.6. The molecular weight excluding hydrogens is 216 g/mol. The maximum Gasteiger partial charge on any atom is 0.272 e. The van der Waals surface area contributed by atoms with Crippen LogP contribution in [0, 0.1) is 6.92 Å². The molecule has 0 spiro atoms. The van der Waals surface area contributed by atoms with Crippen molar-refractivity contribution in [1.82, 2.24) is 9.97 Å². The maximum absolute atomic E-state index is 12.0. The van der Waals surface area contributed by atoms with E-state index < -0.39 is 13.0 Å². The Morgan fingerprint density at radius 2 is 1.94 bits per heavy atom. The van der Waals surface area contributed by atoms with E-state index in [-0.39, 0.29) is 17.6 Å². The molecule has 0 saturated heterocycles. The van der Waals surface area contributed by atoms with Crippen molar-refractivity contribution in [3.8, 4) is 5.88 Å². The van der Waals surface area contributed by atoms with E-state index >= 15 is 0 Å². The molecule has 0 aliphatic rings. The van der Waals surface area contributed by atoms with Crippen LogP contribution in [0.25, 0.3) is 0 Å². The van der Waals surface area contributed by atoms with Gasteiger partial charge >= 0.3 is 0 Å². The molecule has 0 saturated carbocycles. The molecule has 4 nitrogen and oxygen atoms in total. The van der Waals surface area contributed by atoms with Gasteiger partial charge < -0.3 is 10.5 Å². The van der Waals surface area contributed by atoms with Crippen molar-refractivity contribution in [1.29, 1.82) is 0 Å². The molecule has 0 radical (unpaired) electrons. The minimum atomic E-state index is -2.53. The van der Waals surface area contributed by atoms with Gasteiger partial charge in [-0.25, -0.2) is 13.8 Å². The Balaban J connectivity index is 2.97. The van der Waals surface area contributed by atoms with Crippen LogP contribution in [0.15, 0.2) is 0 Å². The predicted octanol–water partition coefficient (Wildman–Crippen LogP) is 2.13. The van der Waals surface area contributed by atoms with Crippen molar-refractivity contribution in [3.05, 3.63) is 11.4 Å². The van der Waals surface area contributed by atoms with Gasteiger partial charge in [0, 0.05) is 5.92 Å². The standard InChI is InChI=1S/C10H15F2N3O/c1-5(2)9-14-8(13)6(3)10(15-9)16-4-7(11)12/h5,7H,4H2,1-3H3,(H2,13,14,15). The van der Waals surface area contributed by atoms with Crippen molar-refractivity contribution in [2.24, 2.45) is 0 Å². The minimum Gasteiger partial charge on any atom is -0.471 e. The van der Waals surface area contributed by atoms with Gasteiger partial charge in [0.2, 0.25) is 5.88 Å². The molecule has 0 atom stereocenters. The van der Waals surface area contributed by atoms with E-state index in [2.05, 4.69) is 9.97 Å². The van der Waals surface area contributed by atoms with Crippen LogP contribution in [0.3, 0.4) is 0 Å². The molecule has 0 fully saturated rings. The fourth-order valence-corrected chi connectivity index (χ4v) is 1.07. The van der Waals surface area contributed by atoms with E-state index in [1.54, 1.807) is 6.92 Å². The van der Waals surface area contributed by atoms with Gasteiger partial charge in [-0.1, -0.05) is 13.8 Å². The molecule has 0 bridgehead atoms. The van der Waals surface area contributed by atoms with Crippen LogP contribution in [0.4, 0.5) is 14.6 Å². The van der Waals surface area contributed by atoms with Gasteiger partial charge in [0.05, 0.1) is 5.56 Å². The smallest absolute Gasteiger partial charge is 0.272 e. The summed E-state index contributed by atoms with van der Waals surface area (Å²) in [5.41, 5.74) is 6.14. The number of ether oxygens (including phenoxy) is 1. The Bertz CT molecular complexity index is 369. The zero-order valence-corrected chi connectivity index (χ0v) is 9.50. The van der Waals surface area contributed by atoms with Gasteiger partial charge in [-0.2, -0.15) is 4.98 Å². The summed E-state index contributed by atoms with van der Waals surface area (Å²) in [7, 11) is 0. The van der Waals surface area contributed by atoms with E-state index in [9.17, 15) is 8.78 Å². The third-order valence-electron chi connectivity index (χ3n) is 2.02. The average Bonchev–Trinajstić information content (AvgIpc) is 2.19. The normalized spacial score (nSPS) is 11.2. The summed E-state index contributed by atoms with van der Waals surface area (Å²) in [5.74, 6) is 0.962. The number of nitrogen functional groups attached to an aromatic ring is 1. The first-order valence-electron chi connectivity index (χ1n) is 4.96. The SMILES string of the molecule is Cc1c(N)nc(C(C)C)nc1OCC(F)F. The molecule has 0 aromatic carbocycles. The first-order valence-corrected chi connectivity index (χ1v) is 4.96. The number of nitrogens with zero attached hydrogens (tertiary/aromatic N) is 2. The van der Waals surface area contributed by atoms with Crippen LogP contribution in [0.5, 0.6) is 5.88 Å². The maximum atomic E-state index is 12.0. The predicted molar refractivity (Wildman–Crippen MR) is 56.8 cm³/mol. The zero-order valence-electron chi connectivity index (χ0n) is 9.50. The largest absolute Gasteiger partial charge is 0.471 e. The Morgan fingerprint density at radius 3 is 2.44 bits per heavy atom. The third-order valence-corrected chi connectivity index (χ3v) is 2.02. The summed E-state index contributed by atoms with van der Waals surface area (Å²) >= 11 is 0. The van der Waals surface area contributed by atoms with Crippen LogP contribution in [-0.4, -0.2) is 23.0 Å². The summed E-state index contributed by atoms with van der Waals surface area (Å²) in [6, 6.07) is 0. The molecule has 0 unspecified atom stereocenters. The fourth-order valence-electron chi connectivity index (χ4n) is 1.07. The molecule has 1 heterocycles. The monoisotopic (exact) mass is 231 g/mol. The molecule has 6 heteroatoms. The number of halogens is 2. The highest BCUT2D eigenvalue weighted by atomic mass is 19.3. The van der Waals surface area contributed by atoms with Crippen molar-refractivity contribution in [2.75, 3.05) is 12.3 Å². The van der Waals surface area contributed by atoms with Crippen LogP contribution in [0.2, 0.25) is 0 Å². The number of nitrogens with two attached hydrogens (primary N) is 1. The summed E-state index contributed by atoms with van der Waals surface area (Å²) in [6.07, 6.45) is -2.53. The second kappa shape index (κ2) is 5.05. The first-order chi connectivity index (χ1) is 7.41. The number of alkyl halides is 2. The van der Waals surface area contributed by atoms with Crippen LogP contribution in [-0.2, 0) is 0 Å². The Hall–Kier alpha value is -1.46. The average molecular weight is 231 g/mol. The lowest BCUT2D eigenvalue weighted by Gasteiger charge is -2.12. The van der Waals surface area contributed by atoms with Gasteiger partial charge in [-0.3, -0.25) is 0 Å². The number of hydrogen-bond acceptors (Lipinski definition) is 4. The molecule has 1 aromatic rings. The van der Waals surface area contributed by atoms with E-state index in [0.717, 1.165) is 0 Å². The lowest BCUT2D eigenvalue weighted by molar-refractivity contribution is 0.0790. The van der Waals surface area contributed by atoms with Crippen molar-refractivity contribution in [3.63, 3.8) is 0 Å². The second-order valence-electron chi connectivity index (χ2n) is 3.75. The summed E-state index contributed by atoms with van der Waals surface area (Å²) in [4.78, 5) is 8.12. The van der Waals surface area contributed by atoms with E-state index in [1.165, 1.54) is 0 Å². The van der Waals surface area contributed by atoms with E-state index in [0.29, 0.717) is 11.4 Å². The quantitative estimate of drug-likeness (QED) is 0.862. The highest BCUT2D eigenvalue weighted by Gasteiger charge is 2.13. The van der Waals surface area contributed by atoms with Crippen molar-refractivity contribution >= 4 is 5.82 Å². The second-order valence-corrected chi connectivity index (χ2v) is 3.75. The number of hydrogen-bond donors (Lipinski definition) is 1. The fraction of sp³-hybridized carbons (Fsp3) is 0.600. The van der Waals surface area contributed by atoms with Gasteiger partial charge in [-0.05, 0) is 6.92 Å². The van der Waals surface area contributed by atoms with Gasteiger partial charge in [0.15, 0.2) is 6.61 Å². The molecule has 90 valence electrons. The lowest BCUT2D eigenvalue weighted by Crippen LogP contribution is -2.12. The summed E-state index contributed by atoms with van der Waals surface area (Å²) in [5, 5.41) is 0. The Labute approximate surface area is 92.8 Å². The number of anilines is 1. The summed E-state index contributed by atoms with van der Waals surface area (Å²) < 4.78 is 28.9. The number of rotatable bonds is 4. The van der Waals surface area contributed by atoms with Crippen molar-refractivity contribution in [2.45, 2.75) is 33.1 Å². The molecule has 2 N–H and O–H groups in total. The number of aromatic nitrogens is 2. The van der Waals surface area contributed by atoms with E-state index in [1.807, 2.05) is 13.8 Å². The van der Waals surface area contributed by atoms with Crippen molar-refractivity contribution < 1.29 is 13.5 Å². The topological polar surface area (TPSA) is 61.0 Å². The molecule has 1 rings (SSSR count). The molecule has 0 aliphatic carbocycles. The highest BCUT2D eigenvalue weighted by Crippen LogP contribution is 2.22. The summed E-state index contributed by atoms with van der Waals surface area (Å²) in [6.45, 7) is 4.73. The molecule has 0 amide bonds. The third kappa shape index (κ3) is 3.01. The molecular formula is C10H15F2N3O. The van der Waals surface area contributed by atoms with Gasteiger partial charge in [0.1, 0.15) is 11.6 Å². The minimum absolute atomic E-state index is 0.0665. The Morgan fingerprint density at radius 1 is 1.31 bits per heavy atom. The van der Waals surface area contributed by atoms with E-state index in [4.69, 9.17) is 10.5 Å². The molecule has 16 heavy (non-hydrogen) atoms. The lowest BCUT2D eigenvalue weighted by atomic mass is 10.2. The Kier molecular flexibility index (Phi) is 3.98. The van der Waals surface area contributed by atoms with Gasteiger partial charge in [-0.15, -0.1) is 0 Å². The highest BCUT2D eigenvalue weighted by molar-refractivity contribution is 5.44. The van der Waals surface area contributed by atoms with Crippen LogP contribution >= 0.6 is 0 Å².